The van der Waals surface area contributed by atoms with Crippen LogP contribution < -0.4 is 5.32 Å². The maximum atomic E-state index is 13.1. The predicted molar refractivity (Wildman–Crippen MR) is 370 cm³/mol. The van der Waals surface area contributed by atoms with Gasteiger partial charge in [-0.15, -0.1) is 0 Å². The van der Waals surface area contributed by atoms with Crippen LogP contribution in [0.4, 0.5) is 0 Å². The Morgan fingerprint density at radius 3 is 1.23 bits per heavy atom. The summed E-state index contributed by atoms with van der Waals surface area (Å²) < 4.78 is 16.7. The second-order valence-electron chi connectivity index (χ2n) is 26.0. The second-order valence-corrected chi connectivity index (χ2v) is 26.0. The Hall–Kier alpha value is -2.64. The third kappa shape index (κ3) is 54.0. The van der Waals surface area contributed by atoms with E-state index in [1.165, 1.54) is 263 Å². The minimum atomic E-state index is -1.58. The third-order valence-corrected chi connectivity index (χ3v) is 17.6. The number of allylic oxidation sites excluding steroid dienone is 9. The molecule has 1 aliphatic heterocycles. The highest BCUT2D eigenvalue weighted by atomic mass is 16.7. The number of amides is 1. The maximum Gasteiger partial charge on any atom is 0.305 e. The van der Waals surface area contributed by atoms with E-state index in [-0.39, 0.29) is 18.5 Å². The minimum Gasteiger partial charge on any atom is -0.466 e. The largest absolute Gasteiger partial charge is 0.466 e. The monoisotopic (exact) mass is 1240 g/mol. The predicted octanol–water partition coefficient (Wildman–Crippen LogP) is 19.7. The average Bonchev–Trinajstić information content (AvgIpc) is 2.89. The summed E-state index contributed by atoms with van der Waals surface area (Å²) in [7, 11) is 0. The van der Waals surface area contributed by atoms with Gasteiger partial charge in [-0.25, -0.2) is 0 Å². The molecule has 514 valence electrons. The van der Waals surface area contributed by atoms with Crippen LogP contribution in [0.25, 0.3) is 0 Å². The van der Waals surface area contributed by atoms with Crippen molar-refractivity contribution in [1.29, 1.82) is 0 Å². The molecule has 88 heavy (non-hydrogen) atoms. The van der Waals surface area contributed by atoms with Crippen LogP contribution in [0, 0.1) is 0 Å². The first-order chi connectivity index (χ1) is 43.2. The molecule has 11 heteroatoms. The van der Waals surface area contributed by atoms with E-state index in [0.717, 1.165) is 64.2 Å². The van der Waals surface area contributed by atoms with Crippen molar-refractivity contribution in [3.8, 4) is 0 Å². The summed E-state index contributed by atoms with van der Waals surface area (Å²) in [5, 5.41) is 54.4. The van der Waals surface area contributed by atoms with Crippen LogP contribution >= 0.6 is 0 Å². The molecule has 0 spiro atoms. The lowest BCUT2D eigenvalue weighted by Crippen LogP contribution is -2.60. The first kappa shape index (κ1) is 83.4. The van der Waals surface area contributed by atoms with Gasteiger partial charge in [0.15, 0.2) is 6.29 Å². The highest BCUT2D eigenvalue weighted by Gasteiger charge is 2.44. The summed E-state index contributed by atoms with van der Waals surface area (Å²) in [4.78, 5) is 25.1. The topological polar surface area (TPSA) is 175 Å². The van der Waals surface area contributed by atoms with Gasteiger partial charge >= 0.3 is 5.97 Å². The molecule has 1 saturated heterocycles. The summed E-state index contributed by atoms with van der Waals surface area (Å²) in [5.41, 5.74) is 0. The van der Waals surface area contributed by atoms with Crippen molar-refractivity contribution >= 4 is 11.9 Å². The average molecular weight is 1240 g/mol. The van der Waals surface area contributed by atoms with Crippen LogP contribution in [-0.4, -0.2) is 100 Å². The fraction of sp³-hybridized carbons (Fsp3) is 0.844. The molecule has 1 amide bonds. The molecule has 1 rings (SSSR count). The van der Waals surface area contributed by atoms with E-state index in [1.807, 2.05) is 6.08 Å². The number of rotatable bonds is 66. The summed E-state index contributed by atoms with van der Waals surface area (Å²) in [6, 6.07) is -0.826. The molecule has 0 aromatic heterocycles. The van der Waals surface area contributed by atoms with E-state index < -0.39 is 49.5 Å². The Kier molecular flexibility index (Phi) is 62.4. The Bertz CT molecular complexity index is 1650. The zero-order valence-corrected chi connectivity index (χ0v) is 57.2. The second kappa shape index (κ2) is 65.8. The lowest BCUT2D eigenvalue weighted by atomic mass is 9.99. The van der Waals surface area contributed by atoms with Gasteiger partial charge in [-0.1, -0.05) is 306 Å². The quantitative estimate of drug-likeness (QED) is 0.0195. The molecule has 0 aromatic rings. The summed E-state index contributed by atoms with van der Waals surface area (Å²) in [6.07, 6.45) is 78.1. The molecule has 7 unspecified atom stereocenters. The van der Waals surface area contributed by atoms with Gasteiger partial charge in [-0.05, 0) is 96.3 Å². The standard InChI is InChI=1S/C77H141NO10/c1-3-5-7-9-11-13-15-44-47-51-55-59-63-70(80)69(68-87-77-76(85)75(84)74(83)71(67-79)88-77)78-72(81)64-60-56-52-48-45-41-39-37-35-33-31-29-27-25-23-21-19-17-16-18-20-22-24-26-28-30-32-34-36-38-40-42-46-50-54-58-62-66-86-73(82)65-61-57-53-49-43-14-12-10-8-6-4-2/h10,12,16,18,22,24,44,47,59,63,69-71,74-77,79-80,83-85H,3-9,11,13-15,17,19-21,23,25-43,45-46,48-58,60-62,64-68H2,1-2H3,(H,78,81)/b12-10-,18-16-,24-22-,47-44+,63-59+. The van der Waals surface area contributed by atoms with Crippen molar-refractivity contribution in [2.45, 2.75) is 397 Å². The molecular weight excluding hydrogens is 1100 g/mol. The number of unbranched alkanes of at least 4 members (excludes halogenated alkanes) is 44. The molecule has 11 nitrogen and oxygen atoms in total. The fourth-order valence-electron chi connectivity index (χ4n) is 11.6. The molecular formula is C77H141NO10. The van der Waals surface area contributed by atoms with Gasteiger partial charge in [-0.3, -0.25) is 9.59 Å². The third-order valence-electron chi connectivity index (χ3n) is 17.6. The Morgan fingerprint density at radius 1 is 0.420 bits per heavy atom. The normalized spacial score (nSPS) is 18.1. The molecule has 0 aromatic carbocycles. The van der Waals surface area contributed by atoms with Gasteiger partial charge in [-0.2, -0.15) is 0 Å². The number of aliphatic hydroxyl groups is 5. The van der Waals surface area contributed by atoms with Crippen molar-refractivity contribution in [3.63, 3.8) is 0 Å². The molecule has 7 atom stereocenters. The smallest absolute Gasteiger partial charge is 0.305 e. The summed E-state index contributed by atoms with van der Waals surface area (Å²) >= 11 is 0. The highest BCUT2D eigenvalue weighted by Crippen LogP contribution is 2.23. The molecule has 6 N–H and O–H groups in total. The SMILES string of the molecule is CCCC/C=C\CCCCCCCC(=O)OCCCCCCCCCCCCCCC/C=C\C/C=C\CCCCCCCCCCCCCCCCCCCC(=O)NC(COC1OC(CO)C(O)C(O)C1O)C(O)/C=C/CC/C=C/CCCCCCCC. The minimum absolute atomic E-state index is 0.00113. The van der Waals surface area contributed by atoms with Crippen molar-refractivity contribution in [3.05, 3.63) is 60.8 Å². The van der Waals surface area contributed by atoms with Crippen LogP contribution in [0.2, 0.25) is 0 Å². The summed E-state index contributed by atoms with van der Waals surface area (Å²) in [6.45, 7) is 4.30. The van der Waals surface area contributed by atoms with E-state index in [1.54, 1.807) is 6.08 Å². The molecule has 0 saturated carbocycles. The van der Waals surface area contributed by atoms with Crippen LogP contribution in [0.3, 0.4) is 0 Å². The van der Waals surface area contributed by atoms with E-state index in [2.05, 4.69) is 67.8 Å². The van der Waals surface area contributed by atoms with Gasteiger partial charge in [0.2, 0.25) is 5.91 Å². The van der Waals surface area contributed by atoms with E-state index in [0.29, 0.717) is 19.4 Å². The number of aliphatic hydroxyl groups excluding tert-OH is 5. The fourth-order valence-corrected chi connectivity index (χ4v) is 11.6. The van der Waals surface area contributed by atoms with Gasteiger partial charge in [0.25, 0.3) is 0 Å². The van der Waals surface area contributed by atoms with Crippen molar-refractivity contribution < 1.29 is 49.3 Å². The van der Waals surface area contributed by atoms with Crippen molar-refractivity contribution in [1.82, 2.24) is 5.32 Å². The van der Waals surface area contributed by atoms with Crippen molar-refractivity contribution in [2.24, 2.45) is 0 Å². The molecule has 1 fully saturated rings. The van der Waals surface area contributed by atoms with Gasteiger partial charge in [0.05, 0.1) is 32.0 Å². The van der Waals surface area contributed by atoms with Crippen LogP contribution in [0.5, 0.6) is 0 Å². The molecule has 0 radical (unpaired) electrons. The highest BCUT2D eigenvalue weighted by molar-refractivity contribution is 5.76. The number of carbonyl (C=O) groups is 2. The Balaban J connectivity index is 1.93. The van der Waals surface area contributed by atoms with Gasteiger partial charge in [0.1, 0.15) is 24.4 Å². The lowest BCUT2D eigenvalue weighted by molar-refractivity contribution is -0.302. The number of ether oxygens (including phenoxy) is 3. The van der Waals surface area contributed by atoms with Crippen LogP contribution in [0.1, 0.15) is 354 Å². The molecule has 1 aliphatic rings. The number of hydrogen-bond acceptors (Lipinski definition) is 10. The van der Waals surface area contributed by atoms with E-state index >= 15 is 0 Å². The zero-order chi connectivity index (χ0) is 63.7. The van der Waals surface area contributed by atoms with E-state index in [9.17, 15) is 35.1 Å². The molecule has 1 heterocycles. The number of nitrogens with one attached hydrogen (secondary N) is 1. The number of carbonyl (C=O) groups excluding carboxylic acids is 2. The summed E-state index contributed by atoms with van der Waals surface area (Å²) in [5.74, 6) is -0.188. The van der Waals surface area contributed by atoms with Crippen LogP contribution in [0.15, 0.2) is 60.8 Å². The Morgan fingerprint density at radius 2 is 0.784 bits per heavy atom. The van der Waals surface area contributed by atoms with Crippen LogP contribution in [-0.2, 0) is 23.8 Å². The first-order valence-electron chi connectivity index (χ1n) is 37.6. The van der Waals surface area contributed by atoms with E-state index in [4.69, 9.17) is 14.2 Å². The number of hydrogen-bond donors (Lipinski definition) is 6. The number of esters is 1. The van der Waals surface area contributed by atoms with Gasteiger partial charge in [0, 0.05) is 12.8 Å². The lowest BCUT2D eigenvalue weighted by Gasteiger charge is -2.40. The Labute approximate surface area is 541 Å². The van der Waals surface area contributed by atoms with Crippen molar-refractivity contribution in [2.75, 3.05) is 19.8 Å². The van der Waals surface area contributed by atoms with Gasteiger partial charge < -0.3 is 45.1 Å². The molecule has 0 aliphatic carbocycles. The molecule has 0 bridgehead atoms. The maximum absolute atomic E-state index is 13.1. The first-order valence-corrected chi connectivity index (χ1v) is 37.6. The zero-order valence-electron chi connectivity index (χ0n) is 57.2.